The SMILES string of the molecule is Cc1nn(C)c(C)c1CCC(=O)N1CCN(S(=O)(=O)c2ccc3c(c2)CCCC3)CC1. The van der Waals surface area contributed by atoms with Crippen molar-refractivity contribution in [1.82, 2.24) is 19.0 Å². The van der Waals surface area contributed by atoms with E-state index >= 15 is 0 Å². The predicted molar refractivity (Wildman–Crippen MR) is 119 cm³/mol. The minimum Gasteiger partial charge on any atom is -0.340 e. The quantitative estimate of drug-likeness (QED) is 0.710. The first-order chi connectivity index (χ1) is 14.8. The molecule has 1 aliphatic heterocycles. The van der Waals surface area contributed by atoms with E-state index in [2.05, 4.69) is 5.10 Å². The van der Waals surface area contributed by atoms with Crippen LogP contribution in [0.5, 0.6) is 0 Å². The molecule has 0 bridgehead atoms. The number of benzene rings is 1. The fourth-order valence-electron chi connectivity index (χ4n) is 4.77. The summed E-state index contributed by atoms with van der Waals surface area (Å²) in [5, 5.41) is 4.41. The van der Waals surface area contributed by atoms with Gasteiger partial charge < -0.3 is 4.90 Å². The van der Waals surface area contributed by atoms with Crippen molar-refractivity contribution in [2.75, 3.05) is 26.2 Å². The van der Waals surface area contributed by atoms with Crippen molar-refractivity contribution in [2.45, 2.75) is 57.3 Å². The third-order valence-electron chi connectivity index (χ3n) is 6.80. The van der Waals surface area contributed by atoms with Gasteiger partial charge in [-0.2, -0.15) is 9.40 Å². The summed E-state index contributed by atoms with van der Waals surface area (Å²) in [5.41, 5.74) is 5.63. The molecule has 168 valence electrons. The lowest BCUT2D eigenvalue weighted by molar-refractivity contribution is -0.132. The van der Waals surface area contributed by atoms with Gasteiger partial charge in [-0.15, -0.1) is 0 Å². The summed E-state index contributed by atoms with van der Waals surface area (Å²) in [7, 11) is -1.61. The average Bonchev–Trinajstić information content (AvgIpc) is 3.02. The lowest BCUT2D eigenvalue weighted by Gasteiger charge is -2.34. The van der Waals surface area contributed by atoms with E-state index in [9.17, 15) is 13.2 Å². The van der Waals surface area contributed by atoms with Crippen molar-refractivity contribution >= 4 is 15.9 Å². The molecule has 1 fully saturated rings. The molecule has 0 atom stereocenters. The Morgan fingerprint density at radius 1 is 1.03 bits per heavy atom. The van der Waals surface area contributed by atoms with E-state index < -0.39 is 10.0 Å². The molecule has 1 saturated heterocycles. The Hall–Kier alpha value is -2.19. The molecule has 0 spiro atoms. The zero-order valence-corrected chi connectivity index (χ0v) is 19.5. The maximum Gasteiger partial charge on any atom is 0.243 e. The van der Waals surface area contributed by atoms with Gasteiger partial charge in [0.1, 0.15) is 0 Å². The Kier molecular flexibility index (Phi) is 6.21. The average molecular weight is 445 g/mol. The van der Waals surface area contributed by atoms with Crippen LogP contribution in [0.3, 0.4) is 0 Å². The molecule has 7 nitrogen and oxygen atoms in total. The van der Waals surface area contributed by atoms with Crippen LogP contribution in [0, 0.1) is 13.8 Å². The van der Waals surface area contributed by atoms with Crippen LogP contribution in [0.1, 0.15) is 47.3 Å². The third kappa shape index (κ3) is 4.41. The number of carbonyl (C=O) groups is 1. The van der Waals surface area contributed by atoms with Crippen LogP contribution in [0.25, 0.3) is 0 Å². The van der Waals surface area contributed by atoms with Crippen molar-refractivity contribution < 1.29 is 13.2 Å². The summed E-state index contributed by atoms with van der Waals surface area (Å²) in [6.07, 6.45) is 5.37. The fourth-order valence-corrected chi connectivity index (χ4v) is 6.24. The number of sulfonamides is 1. The lowest BCUT2D eigenvalue weighted by atomic mass is 9.92. The summed E-state index contributed by atoms with van der Waals surface area (Å²) in [6.45, 7) is 5.55. The van der Waals surface area contributed by atoms with Gasteiger partial charge in [0.05, 0.1) is 10.6 Å². The van der Waals surface area contributed by atoms with E-state index in [-0.39, 0.29) is 5.91 Å². The van der Waals surface area contributed by atoms with Crippen LogP contribution < -0.4 is 0 Å². The van der Waals surface area contributed by atoms with E-state index in [0.717, 1.165) is 36.2 Å². The molecule has 0 N–H and O–H groups in total. The molecule has 0 unspecified atom stereocenters. The van der Waals surface area contributed by atoms with Gasteiger partial charge in [0.15, 0.2) is 0 Å². The predicted octanol–water partition coefficient (Wildman–Crippen LogP) is 2.38. The molecule has 2 aliphatic rings. The normalized spacial score (nSPS) is 17.6. The Balaban J connectivity index is 1.36. The second-order valence-electron chi connectivity index (χ2n) is 8.70. The fraction of sp³-hybridized carbons (Fsp3) is 0.565. The first-order valence-corrected chi connectivity index (χ1v) is 12.6. The molecule has 2 heterocycles. The number of fused-ring (bicyclic) bond motifs is 1. The van der Waals surface area contributed by atoms with Crippen molar-refractivity contribution in [1.29, 1.82) is 0 Å². The van der Waals surface area contributed by atoms with E-state index in [1.165, 1.54) is 21.9 Å². The Labute approximate surface area is 185 Å². The number of hydrogen-bond acceptors (Lipinski definition) is 4. The standard InChI is InChI=1S/C23H32N4O3S/c1-17-22(18(2)25(3)24-17)10-11-23(28)26-12-14-27(15-13-26)31(29,30)21-9-8-19-6-4-5-7-20(19)16-21/h8-9,16H,4-7,10-15H2,1-3H3. The van der Waals surface area contributed by atoms with Gasteiger partial charge in [-0.05, 0) is 74.8 Å². The van der Waals surface area contributed by atoms with E-state index in [1.807, 2.05) is 37.7 Å². The number of hydrogen-bond donors (Lipinski definition) is 0. The highest BCUT2D eigenvalue weighted by molar-refractivity contribution is 7.89. The molecule has 0 saturated carbocycles. The Morgan fingerprint density at radius 2 is 1.71 bits per heavy atom. The topological polar surface area (TPSA) is 75.5 Å². The van der Waals surface area contributed by atoms with Gasteiger partial charge in [0.25, 0.3) is 0 Å². The first-order valence-electron chi connectivity index (χ1n) is 11.2. The smallest absolute Gasteiger partial charge is 0.243 e. The summed E-state index contributed by atoms with van der Waals surface area (Å²) in [5.74, 6) is 0.0773. The monoisotopic (exact) mass is 444 g/mol. The number of nitrogens with zero attached hydrogens (tertiary/aromatic N) is 4. The van der Waals surface area contributed by atoms with Crippen molar-refractivity contribution in [3.63, 3.8) is 0 Å². The number of aryl methyl sites for hydroxylation is 4. The van der Waals surface area contributed by atoms with E-state index in [1.54, 1.807) is 11.0 Å². The zero-order chi connectivity index (χ0) is 22.2. The minimum absolute atomic E-state index is 0.0773. The van der Waals surface area contributed by atoms with Crippen molar-refractivity contribution in [3.8, 4) is 0 Å². The van der Waals surface area contributed by atoms with Gasteiger partial charge in [-0.3, -0.25) is 9.48 Å². The molecule has 1 aromatic carbocycles. The van der Waals surface area contributed by atoms with Gasteiger partial charge in [0.2, 0.25) is 15.9 Å². The molecule has 2 aromatic rings. The second-order valence-corrected chi connectivity index (χ2v) is 10.6. The molecule has 31 heavy (non-hydrogen) atoms. The molecule has 1 aliphatic carbocycles. The highest BCUT2D eigenvalue weighted by atomic mass is 32.2. The molecule has 1 aromatic heterocycles. The zero-order valence-electron chi connectivity index (χ0n) is 18.7. The summed E-state index contributed by atoms with van der Waals surface area (Å²) >= 11 is 0. The van der Waals surface area contributed by atoms with E-state index in [0.29, 0.717) is 43.9 Å². The van der Waals surface area contributed by atoms with Crippen molar-refractivity contribution in [3.05, 3.63) is 46.3 Å². The van der Waals surface area contributed by atoms with Crippen LogP contribution in [0.15, 0.2) is 23.1 Å². The van der Waals surface area contributed by atoms with Gasteiger partial charge in [0, 0.05) is 45.3 Å². The molecular formula is C23H32N4O3S. The molecule has 4 rings (SSSR count). The highest BCUT2D eigenvalue weighted by Gasteiger charge is 2.30. The molecule has 0 radical (unpaired) electrons. The second kappa shape index (κ2) is 8.74. The van der Waals surface area contributed by atoms with Gasteiger partial charge in [-0.25, -0.2) is 8.42 Å². The minimum atomic E-state index is -3.52. The Bertz CT molecular complexity index is 1080. The van der Waals surface area contributed by atoms with Crippen LogP contribution in [0.2, 0.25) is 0 Å². The molecular weight excluding hydrogens is 412 g/mol. The lowest BCUT2D eigenvalue weighted by Crippen LogP contribution is -2.50. The van der Waals surface area contributed by atoms with Crippen LogP contribution in [-0.2, 0) is 41.1 Å². The van der Waals surface area contributed by atoms with E-state index in [4.69, 9.17) is 0 Å². The van der Waals surface area contributed by atoms with Crippen LogP contribution in [-0.4, -0.2) is 59.5 Å². The number of piperazine rings is 1. The first kappa shape index (κ1) is 22.0. The third-order valence-corrected chi connectivity index (χ3v) is 8.69. The van der Waals surface area contributed by atoms with Crippen LogP contribution >= 0.6 is 0 Å². The number of amides is 1. The molecule has 8 heteroatoms. The largest absolute Gasteiger partial charge is 0.340 e. The number of carbonyl (C=O) groups excluding carboxylic acids is 1. The maximum atomic E-state index is 13.2. The Morgan fingerprint density at radius 3 is 2.35 bits per heavy atom. The summed E-state index contributed by atoms with van der Waals surface area (Å²) in [6, 6.07) is 5.58. The van der Waals surface area contributed by atoms with Gasteiger partial charge >= 0.3 is 0 Å². The maximum absolute atomic E-state index is 13.2. The van der Waals surface area contributed by atoms with Gasteiger partial charge in [-0.1, -0.05) is 6.07 Å². The number of aromatic nitrogens is 2. The highest BCUT2D eigenvalue weighted by Crippen LogP contribution is 2.26. The van der Waals surface area contributed by atoms with Crippen LogP contribution in [0.4, 0.5) is 0 Å². The summed E-state index contributed by atoms with van der Waals surface area (Å²) in [4.78, 5) is 14.9. The molecule has 1 amide bonds. The van der Waals surface area contributed by atoms with Crippen molar-refractivity contribution in [2.24, 2.45) is 7.05 Å². The summed E-state index contributed by atoms with van der Waals surface area (Å²) < 4.78 is 29.7. The number of rotatable bonds is 5.